The molecule has 198 valence electrons. The predicted octanol–water partition coefficient (Wildman–Crippen LogP) is 4.84. The third-order valence-corrected chi connectivity index (χ3v) is 11.5. The van der Waals surface area contributed by atoms with Crippen LogP contribution in [0.1, 0.15) is 85.5 Å². The maximum Gasteiger partial charge on any atom is 0.322 e. The largest absolute Gasteiger partial charge is 0.437 e. The van der Waals surface area contributed by atoms with Crippen molar-refractivity contribution in [2.45, 2.75) is 91.1 Å². The van der Waals surface area contributed by atoms with Gasteiger partial charge in [0, 0.05) is 19.0 Å². The fourth-order valence-electron chi connectivity index (χ4n) is 9.44. The van der Waals surface area contributed by atoms with Gasteiger partial charge in [-0.05, 0) is 106 Å². The number of hydrogen-bond donors (Lipinski definition) is 0. The van der Waals surface area contributed by atoms with Crippen molar-refractivity contribution in [1.82, 2.24) is 4.90 Å². The fourth-order valence-corrected chi connectivity index (χ4v) is 9.44. The van der Waals surface area contributed by atoms with E-state index in [9.17, 15) is 9.59 Å². The Morgan fingerprint density at radius 1 is 0.914 bits per heavy atom. The van der Waals surface area contributed by atoms with Gasteiger partial charge in [-0.2, -0.15) is 0 Å². The molecule has 0 amide bonds. The number of rotatable bonds is 6. The van der Waals surface area contributed by atoms with Gasteiger partial charge in [-0.3, -0.25) is 14.5 Å². The normalized spacial score (nSPS) is 45.8. The first-order chi connectivity index (χ1) is 16.6. The Balaban J connectivity index is 1.16. The summed E-state index contributed by atoms with van der Waals surface area (Å²) in [5.41, 5.74) is 0.383. The highest BCUT2D eigenvalue weighted by Gasteiger charge is 2.61. The molecule has 4 aliphatic carbocycles. The Hall–Kier alpha value is -0.980. The molecular weight excluding hydrogens is 442 g/mol. The highest BCUT2D eigenvalue weighted by molar-refractivity contribution is 5.79. The van der Waals surface area contributed by atoms with E-state index in [1.807, 2.05) is 6.92 Å². The fraction of sp³-hybridized carbons (Fsp3) is 0.931. The number of hydrogen-bond acceptors (Lipinski definition) is 6. The van der Waals surface area contributed by atoms with E-state index >= 15 is 0 Å². The van der Waals surface area contributed by atoms with Crippen molar-refractivity contribution in [2.24, 2.45) is 40.4 Å². The molecule has 0 aromatic heterocycles. The predicted molar refractivity (Wildman–Crippen MR) is 134 cm³/mol. The molecule has 0 radical (unpaired) electrons. The van der Waals surface area contributed by atoms with E-state index < -0.39 is 0 Å². The van der Waals surface area contributed by atoms with Gasteiger partial charge in [-0.15, -0.1) is 0 Å². The molecule has 0 N–H and O–H groups in total. The second-order valence-corrected chi connectivity index (χ2v) is 13.3. The minimum atomic E-state index is -0.216. The van der Waals surface area contributed by atoms with Gasteiger partial charge in [0.15, 0.2) is 6.79 Å². The van der Waals surface area contributed by atoms with Crippen molar-refractivity contribution >= 4 is 11.8 Å². The van der Waals surface area contributed by atoms with Crippen LogP contribution in [0.5, 0.6) is 0 Å². The molecule has 8 atom stereocenters. The van der Waals surface area contributed by atoms with Gasteiger partial charge in [-0.1, -0.05) is 13.8 Å². The van der Waals surface area contributed by atoms with Crippen LogP contribution < -0.4 is 0 Å². The molecule has 4 saturated carbocycles. The van der Waals surface area contributed by atoms with Gasteiger partial charge >= 0.3 is 5.97 Å². The van der Waals surface area contributed by atoms with Gasteiger partial charge in [0.05, 0.1) is 25.4 Å². The summed E-state index contributed by atoms with van der Waals surface area (Å²) in [7, 11) is 0. The molecule has 35 heavy (non-hydrogen) atoms. The molecule has 5 aliphatic rings. The van der Waals surface area contributed by atoms with E-state index in [4.69, 9.17) is 14.2 Å². The van der Waals surface area contributed by atoms with Crippen molar-refractivity contribution in [3.05, 3.63) is 0 Å². The second kappa shape index (κ2) is 9.72. The topological polar surface area (TPSA) is 65.1 Å². The average Bonchev–Trinajstić information content (AvgIpc) is 3.18. The number of ether oxygens (including phenoxy) is 3. The van der Waals surface area contributed by atoms with Gasteiger partial charge < -0.3 is 14.2 Å². The lowest BCUT2D eigenvalue weighted by Crippen LogP contribution is -2.56. The summed E-state index contributed by atoms with van der Waals surface area (Å²) < 4.78 is 17.1. The van der Waals surface area contributed by atoms with Gasteiger partial charge in [-0.25, -0.2) is 0 Å². The maximum atomic E-state index is 12.4. The van der Waals surface area contributed by atoms with E-state index in [1.165, 1.54) is 38.5 Å². The summed E-state index contributed by atoms with van der Waals surface area (Å²) in [6, 6.07) is 0. The minimum absolute atomic E-state index is 0.0576. The Morgan fingerprint density at radius 3 is 2.40 bits per heavy atom. The standard InChI is InChI=1S/C29H47NO5/c1-20(31)23-7-8-24-22-6-5-21-17-27(2,11-12-28(21,3)25(22)9-10-29(23,24)4)35-19-34-26(32)18-30-13-15-33-16-14-30/h21-25H,5-19H2,1-4H3/t21-,22-,23?,24-,25-,27+,28-,29+/m0/s1. The van der Waals surface area contributed by atoms with Gasteiger partial charge in [0.1, 0.15) is 5.78 Å². The van der Waals surface area contributed by atoms with Gasteiger partial charge in [0.2, 0.25) is 0 Å². The number of carbonyl (C=O) groups excluding carboxylic acids is 2. The molecule has 1 unspecified atom stereocenters. The summed E-state index contributed by atoms with van der Waals surface area (Å²) in [6.45, 7) is 12.4. The molecule has 1 heterocycles. The Kier molecular flexibility index (Phi) is 7.13. The summed E-state index contributed by atoms with van der Waals surface area (Å²) in [4.78, 5) is 26.8. The molecule has 6 nitrogen and oxygen atoms in total. The number of ketones is 1. The molecule has 1 saturated heterocycles. The third kappa shape index (κ3) is 4.72. The number of carbonyl (C=O) groups is 2. The van der Waals surface area contributed by atoms with Gasteiger partial charge in [0.25, 0.3) is 0 Å². The van der Waals surface area contributed by atoms with Crippen LogP contribution in [0.25, 0.3) is 0 Å². The molecule has 6 heteroatoms. The first kappa shape index (κ1) is 25.7. The molecular formula is C29H47NO5. The third-order valence-electron chi connectivity index (χ3n) is 11.5. The molecule has 0 spiro atoms. The maximum absolute atomic E-state index is 12.4. The summed E-state index contributed by atoms with van der Waals surface area (Å²) in [5, 5.41) is 0. The Morgan fingerprint density at radius 2 is 1.66 bits per heavy atom. The molecule has 0 aromatic rings. The highest BCUT2D eigenvalue weighted by Crippen LogP contribution is 2.68. The van der Waals surface area contributed by atoms with Crippen LogP contribution in [-0.2, 0) is 23.8 Å². The van der Waals surface area contributed by atoms with E-state index in [0.717, 1.165) is 50.1 Å². The van der Waals surface area contributed by atoms with Crippen molar-refractivity contribution in [1.29, 1.82) is 0 Å². The molecule has 0 aromatic carbocycles. The van der Waals surface area contributed by atoms with Crippen molar-refractivity contribution in [3.8, 4) is 0 Å². The number of fused-ring (bicyclic) bond motifs is 5. The first-order valence-electron chi connectivity index (χ1n) is 14.2. The molecule has 0 bridgehead atoms. The van der Waals surface area contributed by atoms with E-state index in [-0.39, 0.29) is 29.7 Å². The van der Waals surface area contributed by atoms with Crippen LogP contribution in [0.3, 0.4) is 0 Å². The smallest absolute Gasteiger partial charge is 0.322 e. The van der Waals surface area contributed by atoms with Crippen LogP contribution in [0.2, 0.25) is 0 Å². The van der Waals surface area contributed by atoms with E-state index in [1.54, 1.807) is 0 Å². The quantitative estimate of drug-likeness (QED) is 0.393. The molecule has 1 aliphatic heterocycles. The number of Topliss-reactive ketones (excluding diaryl/α,β-unsaturated/α-hetero) is 1. The monoisotopic (exact) mass is 489 g/mol. The molecule has 5 rings (SSSR count). The number of morpholine rings is 1. The summed E-state index contributed by atoms with van der Waals surface area (Å²) in [6.07, 6.45) is 10.7. The van der Waals surface area contributed by atoms with Crippen molar-refractivity contribution in [2.75, 3.05) is 39.6 Å². The Bertz CT molecular complexity index is 811. The van der Waals surface area contributed by atoms with Crippen LogP contribution in [0.4, 0.5) is 0 Å². The van der Waals surface area contributed by atoms with Crippen LogP contribution in [0, 0.1) is 40.4 Å². The van der Waals surface area contributed by atoms with E-state index in [2.05, 4.69) is 25.7 Å². The number of nitrogens with zero attached hydrogens (tertiary/aromatic N) is 1. The lowest BCUT2D eigenvalue weighted by Gasteiger charge is -2.62. The second-order valence-electron chi connectivity index (χ2n) is 13.3. The average molecular weight is 490 g/mol. The molecule has 5 fully saturated rings. The lowest BCUT2D eigenvalue weighted by molar-refractivity contribution is -0.199. The van der Waals surface area contributed by atoms with Crippen LogP contribution in [-0.4, -0.2) is 61.9 Å². The zero-order valence-corrected chi connectivity index (χ0v) is 22.5. The first-order valence-corrected chi connectivity index (χ1v) is 14.2. The summed E-state index contributed by atoms with van der Waals surface area (Å²) in [5.74, 6) is 3.45. The highest BCUT2D eigenvalue weighted by atomic mass is 16.7. The van der Waals surface area contributed by atoms with E-state index in [0.29, 0.717) is 36.9 Å². The SMILES string of the molecule is CC(=O)C1CC[C@H]2[C@@H]3CC[C@H]4C[C@](C)(OCOC(=O)CN5CCOCC5)CC[C@]4(C)[C@H]3CC[C@]12C. The van der Waals surface area contributed by atoms with Crippen molar-refractivity contribution in [3.63, 3.8) is 0 Å². The number of esters is 1. The van der Waals surface area contributed by atoms with Crippen molar-refractivity contribution < 1.29 is 23.8 Å². The minimum Gasteiger partial charge on any atom is -0.437 e. The van der Waals surface area contributed by atoms with Crippen LogP contribution in [0.15, 0.2) is 0 Å². The van der Waals surface area contributed by atoms with Crippen LogP contribution >= 0.6 is 0 Å². The lowest BCUT2D eigenvalue weighted by atomic mass is 9.44. The summed E-state index contributed by atoms with van der Waals surface area (Å²) >= 11 is 0. The zero-order chi connectivity index (χ0) is 24.8. The Labute approximate surface area is 211 Å². The zero-order valence-electron chi connectivity index (χ0n) is 22.5.